The third-order valence-corrected chi connectivity index (χ3v) is 5.19. The summed E-state index contributed by atoms with van der Waals surface area (Å²) < 4.78 is 6.66. The number of nitrogens with zero attached hydrogens (tertiary/aromatic N) is 1. The molecule has 1 aromatic carbocycles. The molecule has 1 aliphatic rings. The molecule has 0 atom stereocenters. The van der Waals surface area contributed by atoms with Crippen LogP contribution in [0.15, 0.2) is 24.3 Å². The molecule has 1 aliphatic carbocycles. The highest BCUT2D eigenvalue weighted by Gasteiger charge is 2.19. The lowest BCUT2D eigenvalue weighted by Gasteiger charge is -2.26. The molecule has 1 fully saturated rings. The Hall–Kier alpha value is -1.46. The number of hydrogen-bond donors (Lipinski definition) is 1. The van der Waals surface area contributed by atoms with Crippen LogP contribution < -0.4 is 5.32 Å². The van der Waals surface area contributed by atoms with Crippen molar-refractivity contribution in [3.63, 3.8) is 0 Å². The molecule has 0 radical (unpaired) electrons. The summed E-state index contributed by atoms with van der Waals surface area (Å²) >= 11 is 1.62. The number of carbonyl (C=O) groups excluding carboxylic acids is 1. The van der Waals surface area contributed by atoms with E-state index in [1.807, 2.05) is 24.3 Å². The van der Waals surface area contributed by atoms with Gasteiger partial charge in [-0.2, -0.15) is 0 Å². The Labute approximate surface area is 134 Å². The zero-order valence-electron chi connectivity index (χ0n) is 12.9. The fourth-order valence-corrected chi connectivity index (χ4v) is 3.79. The van der Waals surface area contributed by atoms with Crippen LogP contribution in [0.1, 0.15) is 37.6 Å². The van der Waals surface area contributed by atoms with Crippen LogP contribution >= 0.6 is 11.3 Å². The van der Waals surface area contributed by atoms with Gasteiger partial charge < -0.3 is 10.1 Å². The molecule has 4 nitrogen and oxygen atoms in total. The molecule has 1 amide bonds. The molecule has 1 aromatic heterocycles. The van der Waals surface area contributed by atoms with E-state index in [9.17, 15) is 4.79 Å². The maximum atomic E-state index is 11.9. The first-order valence-corrected chi connectivity index (χ1v) is 8.74. The zero-order valence-corrected chi connectivity index (χ0v) is 13.7. The van der Waals surface area contributed by atoms with Gasteiger partial charge >= 0.3 is 0 Å². The summed E-state index contributed by atoms with van der Waals surface area (Å²) in [5, 5.41) is 3.99. The van der Waals surface area contributed by atoms with E-state index in [1.165, 1.54) is 12.8 Å². The zero-order chi connectivity index (χ0) is 15.4. The first kappa shape index (κ1) is 15.4. The van der Waals surface area contributed by atoms with Gasteiger partial charge in [-0.25, -0.2) is 4.98 Å². The number of aromatic nitrogens is 1. The molecule has 2 aromatic rings. The molecule has 118 valence electrons. The summed E-state index contributed by atoms with van der Waals surface area (Å²) in [7, 11) is 0. The van der Waals surface area contributed by atoms with Crippen LogP contribution in [0.3, 0.4) is 0 Å². The molecule has 1 heterocycles. The van der Waals surface area contributed by atoms with Gasteiger partial charge in [-0.15, -0.1) is 11.3 Å². The summed E-state index contributed by atoms with van der Waals surface area (Å²) in [6, 6.07) is 8.35. The minimum absolute atomic E-state index is 0.0133. The van der Waals surface area contributed by atoms with Crippen LogP contribution in [0, 0.1) is 5.92 Å². The van der Waals surface area contributed by atoms with E-state index in [2.05, 4.69) is 17.2 Å². The molecular weight excluding hydrogens is 296 g/mol. The Morgan fingerprint density at radius 1 is 1.32 bits per heavy atom. The lowest BCUT2D eigenvalue weighted by molar-refractivity contribution is -0.127. The number of thiazole rings is 1. The summed E-state index contributed by atoms with van der Waals surface area (Å²) in [4.78, 5) is 16.4. The molecule has 5 heteroatoms. The van der Waals surface area contributed by atoms with Crippen molar-refractivity contribution >= 4 is 27.5 Å². The highest BCUT2D eigenvalue weighted by molar-refractivity contribution is 7.18. The highest BCUT2D eigenvalue weighted by atomic mass is 32.1. The van der Waals surface area contributed by atoms with E-state index >= 15 is 0 Å². The standard InChI is InChI=1S/C17H22N2O2S/c1-12-6-8-13(9-7-12)18-16(20)10-21-11-17-19-14-4-2-3-5-15(14)22-17/h2-5,12-13H,6-11H2,1H3,(H,18,20). The van der Waals surface area contributed by atoms with Crippen LogP contribution in [-0.4, -0.2) is 23.5 Å². The molecular formula is C17H22N2O2S. The van der Waals surface area contributed by atoms with Crippen molar-refractivity contribution in [2.24, 2.45) is 5.92 Å². The highest BCUT2D eigenvalue weighted by Crippen LogP contribution is 2.23. The second-order valence-corrected chi connectivity index (χ2v) is 7.21. The molecule has 1 saturated carbocycles. The molecule has 0 spiro atoms. The van der Waals surface area contributed by atoms with E-state index in [-0.39, 0.29) is 12.5 Å². The topological polar surface area (TPSA) is 51.2 Å². The largest absolute Gasteiger partial charge is 0.364 e. The normalized spacial score (nSPS) is 21.9. The van der Waals surface area contributed by atoms with E-state index in [1.54, 1.807) is 11.3 Å². The minimum atomic E-state index is -0.0133. The molecule has 0 bridgehead atoms. The van der Waals surface area contributed by atoms with Gasteiger partial charge in [-0.05, 0) is 43.7 Å². The molecule has 0 aliphatic heterocycles. The Bertz CT molecular complexity index is 599. The number of fused-ring (bicyclic) bond motifs is 1. The quantitative estimate of drug-likeness (QED) is 0.918. The Morgan fingerprint density at radius 2 is 2.09 bits per heavy atom. The molecule has 22 heavy (non-hydrogen) atoms. The number of nitrogens with one attached hydrogen (secondary N) is 1. The number of carbonyl (C=O) groups is 1. The van der Waals surface area contributed by atoms with Gasteiger partial charge in [0.25, 0.3) is 0 Å². The SMILES string of the molecule is CC1CCC(NC(=O)COCc2nc3ccccc3s2)CC1. The van der Waals surface area contributed by atoms with Crippen molar-refractivity contribution in [2.45, 2.75) is 45.3 Å². The van der Waals surface area contributed by atoms with E-state index in [0.29, 0.717) is 12.6 Å². The van der Waals surface area contributed by atoms with Crippen LogP contribution in [0.5, 0.6) is 0 Å². The first-order valence-electron chi connectivity index (χ1n) is 7.92. The third-order valence-electron chi connectivity index (χ3n) is 4.18. The monoisotopic (exact) mass is 318 g/mol. The smallest absolute Gasteiger partial charge is 0.246 e. The number of hydrogen-bond acceptors (Lipinski definition) is 4. The van der Waals surface area contributed by atoms with Crippen molar-refractivity contribution in [1.29, 1.82) is 0 Å². The second-order valence-electron chi connectivity index (χ2n) is 6.09. The lowest BCUT2D eigenvalue weighted by Crippen LogP contribution is -2.39. The fraction of sp³-hybridized carbons (Fsp3) is 0.529. The average Bonchev–Trinajstić information content (AvgIpc) is 2.92. The minimum Gasteiger partial charge on any atom is -0.364 e. The van der Waals surface area contributed by atoms with Gasteiger partial charge in [0, 0.05) is 6.04 Å². The summed E-state index contributed by atoms with van der Waals surface area (Å²) in [5.74, 6) is 0.782. The summed E-state index contributed by atoms with van der Waals surface area (Å²) in [6.07, 6.45) is 4.59. The van der Waals surface area contributed by atoms with Gasteiger partial charge in [0.15, 0.2) is 0 Å². The Morgan fingerprint density at radius 3 is 2.86 bits per heavy atom. The maximum Gasteiger partial charge on any atom is 0.246 e. The number of benzene rings is 1. The fourth-order valence-electron chi connectivity index (χ4n) is 2.89. The maximum absolute atomic E-state index is 11.9. The average molecular weight is 318 g/mol. The van der Waals surface area contributed by atoms with E-state index < -0.39 is 0 Å². The van der Waals surface area contributed by atoms with Gasteiger partial charge in [-0.1, -0.05) is 19.1 Å². The van der Waals surface area contributed by atoms with Gasteiger partial charge in [-0.3, -0.25) is 4.79 Å². The number of ether oxygens (including phenoxy) is 1. The first-order chi connectivity index (χ1) is 10.7. The number of para-hydroxylation sites is 1. The van der Waals surface area contributed by atoms with Crippen molar-refractivity contribution in [1.82, 2.24) is 10.3 Å². The van der Waals surface area contributed by atoms with Crippen molar-refractivity contribution in [3.8, 4) is 0 Å². The summed E-state index contributed by atoms with van der Waals surface area (Å²) in [6.45, 7) is 2.79. The second kappa shape index (κ2) is 7.20. The van der Waals surface area contributed by atoms with Gasteiger partial charge in [0.05, 0.1) is 16.8 Å². The Balaban J connectivity index is 1.41. The Kier molecular flexibility index (Phi) is 5.05. The van der Waals surface area contributed by atoms with E-state index in [4.69, 9.17) is 4.74 Å². The number of amides is 1. The van der Waals surface area contributed by atoms with Crippen LogP contribution in [0.2, 0.25) is 0 Å². The number of rotatable bonds is 5. The van der Waals surface area contributed by atoms with Gasteiger partial charge in [0.2, 0.25) is 5.91 Å². The van der Waals surface area contributed by atoms with Crippen molar-refractivity contribution in [3.05, 3.63) is 29.3 Å². The molecule has 3 rings (SSSR count). The summed E-state index contributed by atoms with van der Waals surface area (Å²) in [5.41, 5.74) is 0.992. The molecule has 0 unspecified atom stereocenters. The predicted octanol–water partition coefficient (Wildman–Crippen LogP) is 3.51. The molecule has 0 saturated heterocycles. The van der Waals surface area contributed by atoms with Gasteiger partial charge in [0.1, 0.15) is 11.6 Å². The van der Waals surface area contributed by atoms with E-state index in [0.717, 1.165) is 34.0 Å². The van der Waals surface area contributed by atoms with Crippen molar-refractivity contribution < 1.29 is 9.53 Å². The molecule has 1 N–H and O–H groups in total. The third kappa shape index (κ3) is 4.05. The van der Waals surface area contributed by atoms with Crippen molar-refractivity contribution in [2.75, 3.05) is 6.61 Å². The van der Waals surface area contributed by atoms with Crippen LogP contribution in [-0.2, 0) is 16.1 Å². The predicted molar refractivity (Wildman–Crippen MR) is 88.8 cm³/mol. The lowest BCUT2D eigenvalue weighted by atomic mass is 9.87. The van der Waals surface area contributed by atoms with Crippen LogP contribution in [0.25, 0.3) is 10.2 Å². The van der Waals surface area contributed by atoms with Crippen LogP contribution in [0.4, 0.5) is 0 Å².